The number of nitrogens with one attached hydrogen (secondary N) is 2. The van der Waals surface area contributed by atoms with E-state index in [4.69, 9.17) is 4.74 Å². The van der Waals surface area contributed by atoms with Gasteiger partial charge >= 0.3 is 5.97 Å². The van der Waals surface area contributed by atoms with Crippen LogP contribution in [0.15, 0.2) is 42.5 Å². The normalized spacial score (nSPS) is 15.0. The van der Waals surface area contributed by atoms with Crippen LogP contribution in [0.3, 0.4) is 0 Å². The molecule has 11 heteroatoms. The first kappa shape index (κ1) is 25.3. The molecule has 0 spiro atoms. The largest absolute Gasteiger partial charge is 0.455 e. The molecule has 0 bridgehead atoms. The number of hydrogen-bond donors (Lipinski definition) is 2. The summed E-state index contributed by atoms with van der Waals surface area (Å²) in [5.74, 6) is -3.19. The van der Waals surface area contributed by atoms with Crippen molar-refractivity contribution in [2.75, 3.05) is 18.5 Å². The van der Waals surface area contributed by atoms with E-state index in [-0.39, 0.29) is 24.2 Å². The summed E-state index contributed by atoms with van der Waals surface area (Å²) in [6, 6.07) is 10.6. The topological polar surface area (TPSA) is 148 Å². The van der Waals surface area contributed by atoms with Crippen molar-refractivity contribution in [2.45, 2.75) is 33.1 Å². The molecule has 0 unspecified atom stereocenters. The fourth-order valence-corrected chi connectivity index (χ4v) is 3.73. The van der Waals surface area contributed by atoms with Gasteiger partial charge in [0.2, 0.25) is 5.91 Å². The summed E-state index contributed by atoms with van der Waals surface area (Å²) < 4.78 is 5.12. The lowest BCUT2D eigenvalue weighted by Gasteiger charge is -2.17. The second kappa shape index (κ2) is 11.2. The number of nitro groups is 1. The molecule has 1 aliphatic heterocycles. The van der Waals surface area contributed by atoms with E-state index in [0.29, 0.717) is 0 Å². The van der Waals surface area contributed by atoms with E-state index >= 15 is 0 Å². The van der Waals surface area contributed by atoms with E-state index in [9.17, 15) is 29.3 Å². The Hall–Kier alpha value is -4.28. The number of hydrogen-bond acceptors (Lipinski definition) is 7. The summed E-state index contributed by atoms with van der Waals surface area (Å²) in [6.07, 6.45) is 1.28. The molecule has 3 amide bonds. The number of anilines is 1. The number of hydrazine groups is 1. The van der Waals surface area contributed by atoms with Crippen molar-refractivity contribution in [1.82, 2.24) is 10.4 Å². The predicted molar refractivity (Wildman–Crippen MR) is 125 cm³/mol. The average molecular weight is 482 g/mol. The first-order valence-electron chi connectivity index (χ1n) is 11.2. The van der Waals surface area contributed by atoms with Crippen molar-refractivity contribution in [1.29, 1.82) is 0 Å². The monoisotopic (exact) mass is 482 g/mol. The van der Waals surface area contributed by atoms with Crippen molar-refractivity contribution < 1.29 is 28.8 Å². The molecule has 35 heavy (non-hydrogen) atoms. The fourth-order valence-electron chi connectivity index (χ4n) is 3.73. The zero-order chi connectivity index (χ0) is 25.5. The maximum atomic E-state index is 12.4. The predicted octanol–water partition coefficient (Wildman–Crippen LogP) is 2.39. The zero-order valence-electron chi connectivity index (χ0n) is 19.4. The van der Waals surface area contributed by atoms with E-state index in [1.807, 2.05) is 32.0 Å². The van der Waals surface area contributed by atoms with E-state index < -0.39 is 41.1 Å². The molecule has 1 aliphatic rings. The van der Waals surface area contributed by atoms with Gasteiger partial charge in [-0.3, -0.25) is 39.7 Å². The number of ether oxygens (including phenoxy) is 1. The summed E-state index contributed by atoms with van der Waals surface area (Å²) in [5.41, 5.74) is 5.00. The van der Waals surface area contributed by atoms with Crippen molar-refractivity contribution in [3.8, 4) is 0 Å². The van der Waals surface area contributed by atoms with Gasteiger partial charge in [0.1, 0.15) is 0 Å². The number of benzene rings is 2. The highest BCUT2D eigenvalue weighted by molar-refractivity contribution is 5.97. The Bertz CT molecular complexity index is 1120. The number of carbonyl (C=O) groups excluding carboxylic acids is 4. The lowest BCUT2D eigenvalue weighted by atomic mass is 10.0. The molecule has 0 saturated carbocycles. The van der Waals surface area contributed by atoms with Gasteiger partial charge in [0, 0.05) is 29.8 Å². The smallest absolute Gasteiger partial charge is 0.311 e. The van der Waals surface area contributed by atoms with E-state index in [1.165, 1.54) is 24.3 Å². The number of non-ortho nitro benzene ring substituents is 1. The van der Waals surface area contributed by atoms with Crippen LogP contribution in [0.4, 0.5) is 11.4 Å². The third kappa shape index (κ3) is 6.19. The van der Waals surface area contributed by atoms with Gasteiger partial charge in [0.05, 0.1) is 17.4 Å². The highest BCUT2D eigenvalue weighted by Crippen LogP contribution is 2.23. The zero-order valence-corrected chi connectivity index (χ0v) is 19.4. The van der Waals surface area contributed by atoms with Gasteiger partial charge in [0.25, 0.3) is 17.5 Å². The standard InChI is InChI=1S/C24H26N4O7/c1-3-15-6-5-7-16(4-2)22(15)25-20(29)14-35-24(32)18-12-21(30)27(13-18)26-23(31)17-8-10-19(11-9-17)28(33)34/h5-11,18H,3-4,12-14H2,1-2H3,(H,25,29)(H,26,31)/t18-/m1/s1. The Balaban J connectivity index is 1.52. The van der Waals surface area contributed by atoms with Crippen molar-refractivity contribution in [3.63, 3.8) is 0 Å². The minimum Gasteiger partial charge on any atom is -0.455 e. The molecular formula is C24H26N4O7. The number of nitrogens with zero attached hydrogens (tertiary/aromatic N) is 2. The third-order valence-electron chi connectivity index (χ3n) is 5.64. The van der Waals surface area contributed by atoms with Gasteiger partial charge in [-0.1, -0.05) is 32.0 Å². The van der Waals surface area contributed by atoms with Crippen LogP contribution in [0.25, 0.3) is 0 Å². The molecule has 1 saturated heterocycles. The Kier molecular flexibility index (Phi) is 8.13. The van der Waals surface area contributed by atoms with Crippen LogP contribution in [0.1, 0.15) is 41.8 Å². The fraction of sp³-hybridized carbons (Fsp3) is 0.333. The molecule has 1 fully saturated rings. The first-order chi connectivity index (χ1) is 16.7. The number of carbonyl (C=O) groups is 4. The number of para-hydroxylation sites is 1. The maximum Gasteiger partial charge on any atom is 0.311 e. The Morgan fingerprint density at radius 1 is 1.09 bits per heavy atom. The van der Waals surface area contributed by atoms with E-state index in [1.54, 1.807) is 0 Å². The van der Waals surface area contributed by atoms with Gasteiger partial charge in [-0.25, -0.2) is 0 Å². The highest BCUT2D eigenvalue weighted by atomic mass is 16.6. The molecule has 0 aliphatic carbocycles. The third-order valence-corrected chi connectivity index (χ3v) is 5.64. The molecule has 11 nitrogen and oxygen atoms in total. The van der Waals surface area contributed by atoms with Crippen LogP contribution in [0.2, 0.25) is 0 Å². The molecule has 1 atom stereocenters. The number of amides is 3. The molecule has 2 aromatic rings. The number of esters is 1. The Morgan fingerprint density at radius 3 is 2.29 bits per heavy atom. The molecule has 184 valence electrons. The van der Waals surface area contributed by atoms with Crippen molar-refractivity contribution in [2.24, 2.45) is 5.92 Å². The molecule has 2 aromatic carbocycles. The summed E-state index contributed by atoms with van der Waals surface area (Å²) in [4.78, 5) is 59.6. The van der Waals surface area contributed by atoms with Crippen LogP contribution >= 0.6 is 0 Å². The van der Waals surface area contributed by atoms with E-state index in [0.717, 1.165) is 34.7 Å². The minimum atomic E-state index is -0.846. The van der Waals surface area contributed by atoms with Crippen molar-refractivity contribution >= 4 is 35.1 Å². The average Bonchev–Trinajstić information content (AvgIpc) is 3.22. The summed E-state index contributed by atoms with van der Waals surface area (Å²) in [6.45, 7) is 3.35. The second-order valence-corrected chi connectivity index (χ2v) is 7.96. The molecule has 1 heterocycles. The number of aryl methyl sites for hydroxylation is 2. The van der Waals surface area contributed by atoms with Gasteiger partial charge in [-0.05, 0) is 36.1 Å². The van der Waals surface area contributed by atoms with Gasteiger partial charge in [-0.15, -0.1) is 0 Å². The minimum absolute atomic E-state index is 0.114. The lowest BCUT2D eigenvalue weighted by Crippen LogP contribution is -2.43. The molecule has 0 aromatic heterocycles. The number of nitro benzene ring substituents is 1. The van der Waals surface area contributed by atoms with Gasteiger partial charge in [0.15, 0.2) is 6.61 Å². The molecule has 0 radical (unpaired) electrons. The van der Waals surface area contributed by atoms with Crippen LogP contribution < -0.4 is 10.7 Å². The summed E-state index contributed by atoms with van der Waals surface area (Å²) in [5, 5.41) is 14.5. The highest BCUT2D eigenvalue weighted by Gasteiger charge is 2.36. The lowest BCUT2D eigenvalue weighted by molar-refractivity contribution is -0.384. The Labute approximate surface area is 201 Å². The molecule has 3 rings (SSSR count). The van der Waals surface area contributed by atoms with Crippen molar-refractivity contribution in [3.05, 3.63) is 69.3 Å². The maximum absolute atomic E-state index is 12.4. The van der Waals surface area contributed by atoms with E-state index in [2.05, 4.69) is 10.7 Å². The first-order valence-corrected chi connectivity index (χ1v) is 11.2. The Morgan fingerprint density at radius 2 is 1.71 bits per heavy atom. The number of rotatable bonds is 9. The SMILES string of the molecule is CCc1cccc(CC)c1NC(=O)COC(=O)[C@@H]1CC(=O)N(NC(=O)c2ccc([N+](=O)[O-])cc2)C1. The summed E-state index contributed by atoms with van der Waals surface area (Å²) in [7, 11) is 0. The van der Waals surface area contributed by atoms with Gasteiger partial charge in [-0.2, -0.15) is 0 Å². The molecular weight excluding hydrogens is 456 g/mol. The second-order valence-electron chi connectivity index (χ2n) is 7.96. The van der Waals surface area contributed by atoms with Crippen LogP contribution in [-0.4, -0.2) is 46.8 Å². The van der Waals surface area contributed by atoms with Crippen LogP contribution in [-0.2, 0) is 32.0 Å². The van der Waals surface area contributed by atoms with Gasteiger partial charge < -0.3 is 10.1 Å². The quantitative estimate of drug-likeness (QED) is 0.317. The van der Waals surface area contributed by atoms with Crippen LogP contribution in [0, 0.1) is 16.0 Å². The van der Waals surface area contributed by atoms with Crippen LogP contribution in [0.5, 0.6) is 0 Å². The molecule has 2 N–H and O–H groups in total. The summed E-state index contributed by atoms with van der Waals surface area (Å²) >= 11 is 0.